The van der Waals surface area contributed by atoms with Crippen LogP contribution in [0.3, 0.4) is 0 Å². The van der Waals surface area contributed by atoms with Crippen LogP contribution in [0.2, 0.25) is 0 Å². The van der Waals surface area contributed by atoms with Crippen molar-refractivity contribution in [2.75, 3.05) is 25.1 Å². The van der Waals surface area contributed by atoms with Gasteiger partial charge in [0.1, 0.15) is 0 Å². The third-order valence-electron chi connectivity index (χ3n) is 5.79. The molecule has 3 aliphatic rings. The van der Waals surface area contributed by atoms with Gasteiger partial charge in [0.2, 0.25) is 0 Å². The Labute approximate surface area is 148 Å². The summed E-state index contributed by atoms with van der Waals surface area (Å²) in [5, 5.41) is 0. The maximum Gasteiger partial charge on any atom is 0.0350 e. The Morgan fingerprint density at radius 1 is 1.25 bits per heavy atom. The number of piperidine rings is 3. The first-order valence-electron chi connectivity index (χ1n) is 8.82. The van der Waals surface area contributed by atoms with Crippen molar-refractivity contribution in [2.24, 2.45) is 5.92 Å². The minimum atomic E-state index is 0.541. The zero-order chi connectivity index (χ0) is 16.5. The van der Waals surface area contributed by atoms with Crippen molar-refractivity contribution in [3.8, 4) is 0 Å². The first-order chi connectivity index (χ1) is 11.8. The molecule has 24 heavy (non-hydrogen) atoms. The van der Waals surface area contributed by atoms with Gasteiger partial charge in [0.05, 0.1) is 0 Å². The summed E-state index contributed by atoms with van der Waals surface area (Å²) in [6, 6.07) is 11.4. The molecular formula is C20H25N3S. The number of thioether (sulfide) groups is 1. The van der Waals surface area contributed by atoms with Gasteiger partial charge in [0.25, 0.3) is 0 Å². The molecule has 0 amide bonds. The number of hydrogen-bond acceptors (Lipinski definition) is 4. The first kappa shape index (κ1) is 16.0. The standard InChI is InChI=1S/C20H25N3S/c1-24-16-4-5-18(21)17(12-16)20-15-6-9-23(10-7-15)19(20)11-14-3-2-8-22-13-14/h2-5,8,12-13,15,19-20H,6-7,9-11,21H2,1H3. The predicted molar refractivity (Wildman–Crippen MR) is 101 cm³/mol. The molecule has 126 valence electrons. The molecule has 5 rings (SSSR count). The first-order valence-corrected chi connectivity index (χ1v) is 10.0. The topological polar surface area (TPSA) is 42.1 Å². The summed E-state index contributed by atoms with van der Waals surface area (Å²) in [6.07, 6.45) is 9.68. The van der Waals surface area contributed by atoms with Gasteiger partial charge in [-0.3, -0.25) is 9.88 Å². The van der Waals surface area contributed by atoms with Crippen molar-refractivity contribution in [3.05, 3.63) is 53.9 Å². The molecular weight excluding hydrogens is 314 g/mol. The Bertz CT molecular complexity index is 695. The summed E-state index contributed by atoms with van der Waals surface area (Å²) >= 11 is 1.80. The number of nitrogens with zero attached hydrogens (tertiary/aromatic N) is 2. The molecule has 3 saturated heterocycles. The van der Waals surface area contributed by atoms with Crippen molar-refractivity contribution >= 4 is 17.4 Å². The lowest BCUT2D eigenvalue weighted by Gasteiger charge is -2.51. The number of rotatable bonds is 4. The van der Waals surface area contributed by atoms with Crippen LogP contribution in [0.25, 0.3) is 0 Å². The quantitative estimate of drug-likeness (QED) is 0.679. The third-order valence-corrected chi connectivity index (χ3v) is 6.51. The second-order valence-electron chi connectivity index (χ2n) is 7.03. The number of nitrogens with two attached hydrogens (primary N) is 1. The zero-order valence-corrected chi connectivity index (χ0v) is 15.0. The summed E-state index contributed by atoms with van der Waals surface area (Å²) < 4.78 is 0. The van der Waals surface area contributed by atoms with Crippen molar-refractivity contribution in [3.63, 3.8) is 0 Å². The molecule has 4 heterocycles. The van der Waals surface area contributed by atoms with Gasteiger partial charge in [-0.25, -0.2) is 0 Å². The van der Waals surface area contributed by atoms with Crippen LogP contribution in [0.15, 0.2) is 47.6 Å². The molecule has 1 aromatic heterocycles. The minimum Gasteiger partial charge on any atom is -0.398 e. The lowest BCUT2D eigenvalue weighted by atomic mass is 9.69. The van der Waals surface area contributed by atoms with Crippen LogP contribution in [-0.2, 0) is 6.42 Å². The average molecular weight is 340 g/mol. The molecule has 4 heteroatoms. The van der Waals surface area contributed by atoms with Crippen molar-refractivity contribution < 1.29 is 0 Å². The monoisotopic (exact) mass is 339 g/mol. The molecule has 3 nitrogen and oxygen atoms in total. The van der Waals surface area contributed by atoms with E-state index in [0.29, 0.717) is 12.0 Å². The van der Waals surface area contributed by atoms with Crippen molar-refractivity contribution in [1.29, 1.82) is 0 Å². The van der Waals surface area contributed by atoms with E-state index in [0.717, 1.165) is 18.0 Å². The number of pyridine rings is 1. The number of benzene rings is 1. The van der Waals surface area contributed by atoms with Gasteiger partial charge in [0.15, 0.2) is 0 Å². The predicted octanol–water partition coefficient (Wildman–Crippen LogP) is 3.81. The maximum atomic E-state index is 6.42. The van der Waals surface area contributed by atoms with Crippen LogP contribution in [-0.4, -0.2) is 35.3 Å². The Hall–Kier alpha value is -1.52. The molecule has 0 saturated carbocycles. The van der Waals surface area contributed by atoms with E-state index in [1.807, 2.05) is 18.5 Å². The molecule has 0 radical (unpaired) electrons. The number of hydrogen-bond donors (Lipinski definition) is 1. The van der Waals surface area contributed by atoms with Gasteiger partial charge in [0, 0.05) is 34.9 Å². The molecule has 2 N–H and O–H groups in total. The highest BCUT2D eigenvalue weighted by Crippen LogP contribution is 2.46. The lowest BCUT2D eigenvalue weighted by molar-refractivity contribution is 0.0258. The fraction of sp³-hybridized carbons (Fsp3) is 0.450. The van der Waals surface area contributed by atoms with E-state index < -0.39 is 0 Å². The summed E-state index contributed by atoms with van der Waals surface area (Å²) in [4.78, 5) is 8.31. The average Bonchev–Trinajstić information content (AvgIpc) is 2.64. The second kappa shape index (κ2) is 6.77. The molecule has 3 fully saturated rings. The molecule has 2 bridgehead atoms. The molecule has 2 aromatic rings. The number of fused-ring (bicyclic) bond motifs is 3. The minimum absolute atomic E-state index is 0.541. The van der Waals surface area contributed by atoms with Gasteiger partial charge >= 0.3 is 0 Å². The van der Waals surface area contributed by atoms with E-state index in [1.165, 1.54) is 42.0 Å². The zero-order valence-electron chi connectivity index (χ0n) is 14.2. The Morgan fingerprint density at radius 2 is 2.08 bits per heavy atom. The van der Waals surface area contributed by atoms with E-state index in [1.54, 1.807) is 11.8 Å². The van der Waals surface area contributed by atoms with Crippen LogP contribution in [0.1, 0.15) is 29.9 Å². The van der Waals surface area contributed by atoms with E-state index in [4.69, 9.17) is 5.73 Å². The van der Waals surface area contributed by atoms with Gasteiger partial charge in [-0.1, -0.05) is 6.07 Å². The van der Waals surface area contributed by atoms with E-state index >= 15 is 0 Å². The van der Waals surface area contributed by atoms with Gasteiger partial charge in [-0.05, 0) is 79.9 Å². The Kier molecular flexibility index (Phi) is 4.51. The Morgan fingerprint density at radius 3 is 2.79 bits per heavy atom. The van der Waals surface area contributed by atoms with Crippen molar-refractivity contribution in [2.45, 2.75) is 36.1 Å². The fourth-order valence-corrected chi connectivity index (χ4v) is 5.05. The van der Waals surface area contributed by atoms with Crippen LogP contribution >= 0.6 is 11.8 Å². The van der Waals surface area contributed by atoms with E-state index in [2.05, 4.69) is 40.4 Å². The summed E-state index contributed by atoms with van der Waals surface area (Å²) in [5.41, 5.74) is 10.1. The number of anilines is 1. The third kappa shape index (κ3) is 2.93. The molecule has 2 unspecified atom stereocenters. The lowest BCUT2D eigenvalue weighted by Crippen LogP contribution is -2.54. The maximum absolute atomic E-state index is 6.42. The normalized spacial score (nSPS) is 28.9. The van der Waals surface area contributed by atoms with Crippen molar-refractivity contribution in [1.82, 2.24) is 9.88 Å². The molecule has 1 aromatic carbocycles. The SMILES string of the molecule is CSc1ccc(N)c(C2C3CCN(CC3)C2Cc2cccnc2)c1. The smallest absolute Gasteiger partial charge is 0.0350 e. The number of aromatic nitrogens is 1. The highest BCUT2D eigenvalue weighted by Gasteiger charge is 2.43. The Balaban J connectivity index is 1.70. The van der Waals surface area contributed by atoms with Crippen LogP contribution in [0, 0.1) is 5.92 Å². The van der Waals surface area contributed by atoms with Gasteiger partial charge in [-0.2, -0.15) is 0 Å². The van der Waals surface area contributed by atoms with E-state index in [9.17, 15) is 0 Å². The second-order valence-corrected chi connectivity index (χ2v) is 7.91. The largest absolute Gasteiger partial charge is 0.398 e. The molecule has 2 atom stereocenters. The highest BCUT2D eigenvalue weighted by molar-refractivity contribution is 7.98. The number of nitrogen functional groups attached to an aromatic ring is 1. The van der Waals surface area contributed by atoms with Crippen LogP contribution in [0.4, 0.5) is 5.69 Å². The van der Waals surface area contributed by atoms with Crippen LogP contribution in [0.5, 0.6) is 0 Å². The highest BCUT2D eigenvalue weighted by atomic mass is 32.2. The summed E-state index contributed by atoms with van der Waals surface area (Å²) in [7, 11) is 0. The van der Waals surface area contributed by atoms with Crippen LogP contribution < -0.4 is 5.73 Å². The molecule has 3 aliphatic heterocycles. The summed E-state index contributed by atoms with van der Waals surface area (Å²) in [6.45, 7) is 2.46. The van der Waals surface area contributed by atoms with Gasteiger partial charge < -0.3 is 5.73 Å². The summed E-state index contributed by atoms with van der Waals surface area (Å²) in [5.74, 6) is 1.30. The van der Waals surface area contributed by atoms with E-state index in [-0.39, 0.29) is 0 Å². The molecule has 0 aliphatic carbocycles. The molecule has 0 spiro atoms. The van der Waals surface area contributed by atoms with Gasteiger partial charge in [-0.15, -0.1) is 11.8 Å². The fourth-order valence-electron chi connectivity index (χ4n) is 4.60.